The van der Waals surface area contributed by atoms with Gasteiger partial charge in [-0.3, -0.25) is 9.59 Å². The van der Waals surface area contributed by atoms with Gasteiger partial charge < -0.3 is 29.0 Å². The first-order valence-corrected chi connectivity index (χ1v) is 11.0. The van der Waals surface area contributed by atoms with Crippen LogP contribution in [-0.4, -0.2) is 70.5 Å². The second kappa shape index (κ2) is 10.9. The van der Waals surface area contributed by atoms with Crippen molar-refractivity contribution in [1.82, 2.24) is 4.98 Å². The summed E-state index contributed by atoms with van der Waals surface area (Å²) >= 11 is 0. The number of nitrogens with zero attached hydrogens (tertiary/aromatic N) is 3. The van der Waals surface area contributed by atoms with Crippen molar-refractivity contribution < 1.29 is 23.8 Å². The average molecular weight is 455 g/mol. The number of carbonyl (C=O) groups is 2. The maximum Gasteiger partial charge on any atom is 0.326 e. The number of aromatic nitrogens is 1. The summed E-state index contributed by atoms with van der Waals surface area (Å²) in [6.07, 6.45) is 0. The second-order valence-corrected chi connectivity index (χ2v) is 7.73. The Hall–Kier alpha value is -3.51. The highest BCUT2D eigenvalue weighted by Crippen LogP contribution is 2.39. The predicted octanol–water partition coefficient (Wildman–Crippen LogP) is 2.67. The van der Waals surface area contributed by atoms with Crippen molar-refractivity contribution in [1.29, 1.82) is 5.26 Å². The molecule has 2 heterocycles. The number of esters is 2. The molecule has 176 valence electrons. The first-order chi connectivity index (χ1) is 15.9. The smallest absolute Gasteiger partial charge is 0.326 e. The number of morpholine rings is 1. The largest absolute Gasteiger partial charge is 0.465 e. The van der Waals surface area contributed by atoms with E-state index in [0.29, 0.717) is 54.5 Å². The summed E-state index contributed by atoms with van der Waals surface area (Å²) < 4.78 is 15.9. The van der Waals surface area contributed by atoms with Crippen molar-refractivity contribution in [3.8, 4) is 17.2 Å². The molecule has 1 aromatic heterocycles. The molecule has 0 amide bonds. The Balaban J connectivity index is 2.23. The fourth-order valence-corrected chi connectivity index (χ4v) is 3.86. The lowest BCUT2D eigenvalue weighted by atomic mass is 9.94. The lowest BCUT2D eigenvalue weighted by Gasteiger charge is -2.28. The summed E-state index contributed by atoms with van der Waals surface area (Å²) in [5, 5.41) is 10.1. The van der Waals surface area contributed by atoms with Gasteiger partial charge in [-0.15, -0.1) is 0 Å². The van der Waals surface area contributed by atoms with Crippen molar-refractivity contribution in [3.63, 3.8) is 0 Å². The van der Waals surface area contributed by atoms with Gasteiger partial charge in [-0.25, -0.2) is 0 Å². The van der Waals surface area contributed by atoms with E-state index in [2.05, 4.69) is 11.1 Å². The van der Waals surface area contributed by atoms with Crippen LogP contribution < -0.4 is 9.80 Å². The number of anilines is 2. The van der Waals surface area contributed by atoms with Gasteiger partial charge in [-0.1, -0.05) is 12.1 Å². The predicted molar refractivity (Wildman–Crippen MR) is 124 cm³/mol. The molecule has 1 aliphatic rings. The van der Waals surface area contributed by atoms with E-state index in [4.69, 9.17) is 14.2 Å². The molecule has 0 atom stereocenters. The summed E-state index contributed by atoms with van der Waals surface area (Å²) in [6, 6.07) is 9.88. The Morgan fingerprint density at radius 1 is 1.12 bits per heavy atom. The highest BCUT2D eigenvalue weighted by molar-refractivity contribution is 6.03. The monoisotopic (exact) mass is 454 g/mol. The molecule has 0 radical (unpaired) electrons. The first kappa shape index (κ1) is 24.1. The fourth-order valence-electron chi connectivity index (χ4n) is 3.86. The van der Waals surface area contributed by atoms with E-state index in [1.807, 2.05) is 48.2 Å². The number of H-pyrrole nitrogens is 1. The van der Waals surface area contributed by atoms with Gasteiger partial charge in [0.05, 0.1) is 32.1 Å². The number of rotatable bonds is 8. The third kappa shape index (κ3) is 5.12. The van der Waals surface area contributed by atoms with Crippen molar-refractivity contribution in [2.24, 2.45) is 0 Å². The first-order valence-electron chi connectivity index (χ1n) is 11.0. The lowest BCUT2D eigenvalue weighted by molar-refractivity contribution is -0.157. The van der Waals surface area contributed by atoms with E-state index >= 15 is 0 Å². The topological polar surface area (TPSA) is 108 Å². The van der Waals surface area contributed by atoms with Gasteiger partial charge in [0, 0.05) is 38.4 Å². The molecule has 0 unspecified atom stereocenters. The summed E-state index contributed by atoms with van der Waals surface area (Å²) in [4.78, 5) is 33.0. The molecule has 0 spiro atoms. The summed E-state index contributed by atoms with van der Waals surface area (Å²) in [6.45, 7) is 5.78. The molecule has 1 fully saturated rings. The molecule has 1 saturated heterocycles. The van der Waals surface area contributed by atoms with Gasteiger partial charge in [0.25, 0.3) is 0 Å². The quantitative estimate of drug-likeness (QED) is 0.479. The van der Waals surface area contributed by atoms with Crippen molar-refractivity contribution in [2.45, 2.75) is 19.8 Å². The second-order valence-electron chi connectivity index (χ2n) is 7.73. The average Bonchev–Trinajstić information content (AvgIpc) is 3.19. The van der Waals surface area contributed by atoms with Crippen LogP contribution in [0.1, 0.15) is 31.0 Å². The van der Waals surface area contributed by atoms with Gasteiger partial charge in [0.1, 0.15) is 17.5 Å². The van der Waals surface area contributed by atoms with Crippen molar-refractivity contribution in [2.75, 3.05) is 63.4 Å². The highest BCUT2D eigenvalue weighted by Gasteiger charge is 2.38. The van der Waals surface area contributed by atoms with E-state index in [-0.39, 0.29) is 13.2 Å². The maximum atomic E-state index is 12.9. The molecule has 3 rings (SSSR count). The molecule has 0 bridgehead atoms. The normalized spacial score (nSPS) is 13.5. The van der Waals surface area contributed by atoms with Crippen LogP contribution >= 0.6 is 0 Å². The SMILES string of the molecule is CCOC(=O)C(C(=O)OCC)c1[nH]c(N2CCOCC2)c(C#N)c1-c1ccc(N(C)C)cc1. The van der Waals surface area contributed by atoms with Crippen LogP contribution in [0.4, 0.5) is 11.5 Å². The van der Waals surface area contributed by atoms with E-state index in [1.165, 1.54) is 0 Å². The number of nitrogens with one attached hydrogen (secondary N) is 1. The van der Waals surface area contributed by atoms with Crippen LogP contribution in [0, 0.1) is 11.3 Å². The van der Waals surface area contributed by atoms with Gasteiger partial charge in [-0.05, 0) is 31.5 Å². The number of benzene rings is 1. The van der Waals surface area contributed by atoms with Crippen LogP contribution in [-0.2, 0) is 23.8 Å². The molecular formula is C24H30N4O5. The number of hydrogen-bond acceptors (Lipinski definition) is 8. The molecule has 0 aliphatic carbocycles. The number of carbonyl (C=O) groups excluding carboxylic acids is 2. The van der Waals surface area contributed by atoms with Crippen LogP contribution in [0.25, 0.3) is 11.1 Å². The zero-order valence-corrected chi connectivity index (χ0v) is 19.5. The standard InChI is InChI=1S/C24H30N4O5/c1-5-32-23(29)20(24(30)33-6-2)21-19(16-7-9-17(10-8-16)27(3)4)18(15-25)22(26-21)28-11-13-31-14-12-28/h7-10,20,26H,5-6,11-14H2,1-4H3. The van der Waals surface area contributed by atoms with Crippen LogP contribution in [0.2, 0.25) is 0 Å². The number of hydrogen-bond donors (Lipinski definition) is 1. The van der Waals surface area contributed by atoms with Crippen LogP contribution in [0.15, 0.2) is 24.3 Å². The van der Waals surface area contributed by atoms with Gasteiger partial charge >= 0.3 is 11.9 Å². The number of ether oxygens (including phenoxy) is 3. The van der Waals surface area contributed by atoms with E-state index in [0.717, 1.165) is 5.69 Å². The Morgan fingerprint density at radius 3 is 2.18 bits per heavy atom. The third-order valence-electron chi connectivity index (χ3n) is 5.45. The minimum atomic E-state index is -1.34. The summed E-state index contributed by atoms with van der Waals surface area (Å²) in [7, 11) is 3.87. The molecule has 1 aromatic carbocycles. The maximum absolute atomic E-state index is 12.9. The van der Waals surface area contributed by atoms with E-state index in [9.17, 15) is 14.9 Å². The third-order valence-corrected chi connectivity index (χ3v) is 5.45. The Bertz CT molecular complexity index is 999. The van der Waals surface area contributed by atoms with Crippen molar-refractivity contribution >= 4 is 23.4 Å². The fraction of sp³-hybridized carbons (Fsp3) is 0.458. The van der Waals surface area contributed by atoms with Gasteiger partial charge in [0.15, 0.2) is 5.92 Å². The Kier molecular flexibility index (Phi) is 7.96. The van der Waals surface area contributed by atoms with Gasteiger partial charge in [-0.2, -0.15) is 5.26 Å². The molecule has 9 nitrogen and oxygen atoms in total. The Morgan fingerprint density at radius 2 is 1.70 bits per heavy atom. The minimum Gasteiger partial charge on any atom is -0.465 e. The minimum absolute atomic E-state index is 0.115. The van der Waals surface area contributed by atoms with Crippen LogP contribution in [0.5, 0.6) is 0 Å². The zero-order valence-electron chi connectivity index (χ0n) is 19.5. The zero-order chi connectivity index (χ0) is 24.0. The Labute approximate surface area is 193 Å². The molecule has 1 aliphatic heterocycles. The molecule has 0 saturated carbocycles. The molecular weight excluding hydrogens is 424 g/mol. The highest BCUT2D eigenvalue weighted by atomic mass is 16.6. The van der Waals surface area contributed by atoms with E-state index in [1.54, 1.807) is 13.8 Å². The van der Waals surface area contributed by atoms with Gasteiger partial charge in [0.2, 0.25) is 0 Å². The number of nitriles is 1. The molecule has 1 N–H and O–H groups in total. The molecule has 2 aromatic rings. The van der Waals surface area contributed by atoms with E-state index < -0.39 is 17.9 Å². The summed E-state index contributed by atoms with van der Waals surface area (Å²) in [5.41, 5.74) is 2.85. The van der Waals surface area contributed by atoms with Crippen molar-refractivity contribution in [3.05, 3.63) is 35.5 Å². The van der Waals surface area contributed by atoms with Crippen LogP contribution in [0.3, 0.4) is 0 Å². The number of aromatic amines is 1. The molecule has 9 heteroatoms. The molecule has 33 heavy (non-hydrogen) atoms. The lowest BCUT2D eigenvalue weighted by Crippen LogP contribution is -2.37. The summed E-state index contributed by atoms with van der Waals surface area (Å²) in [5.74, 6) is -2.22.